The zero-order chi connectivity index (χ0) is 12.0. The number of piperazine rings is 1. The number of nitrogens with zero attached hydrogens (tertiary/aromatic N) is 2. The maximum Gasteiger partial charge on any atom is 0.312 e. The van der Waals surface area contributed by atoms with E-state index >= 15 is 0 Å². The second-order valence-corrected chi connectivity index (χ2v) is 4.02. The number of hydrogen-bond acceptors (Lipinski definition) is 3. The number of rotatable bonds is 6. The van der Waals surface area contributed by atoms with E-state index < -0.39 is 5.91 Å². The van der Waals surface area contributed by atoms with Gasteiger partial charge < -0.3 is 14.9 Å². The highest BCUT2D eigenvalue weighted by atomic mass is 16.3. The van der Waals surface area contributed by atoms with Gasteiger partial charge in [-0.3, -0.25) is 9.59 Å². The lowest BCUT2D eigenvalue weighted by Gasteiger charge is -2.33. The van der Waals surface area contributed by atoms with Gasteiger partial charge in [-0.05, 0) is 19.3 Å². The molecule has 1 rings (SSSR count). The number of aliphatic hydroxyl groups is 1. The highest BCUT2D eigenvalue weighted by Crippen LogP contribution is 2.07. The summed E-state index contributed by atoms with van der Waals surface area (Å²) in [7, 11) is 0. The number of amides is 2. The van der Waals surface area contributed by atoms with Gasteiger partial charge in [0.15, 0.2) is 0 Å². The lowest BCUT2D eigenvalue weighted by molar-refractivity contribution is -0.156. The van der Waals surface area contributed by atoms with Gasteiger partial charge in [-0.15, -0.1) is 0 Å². The van der Waals surface area contributed by atoms with Crippen LogP contribution in [0.25, 0.3) is 0 Å². The van der Waals surface area contributed by atoms with Crippen molar-refractivity contribution in [1.82, 2.24) is 9.80 Å². The molecule has 1 aliphatic rings. The zero-order valence-corrected chi connectivity index (χ0v) is 9.81. The number of aliphatic hydroxyl groups excluding tert-OH is 1. The van der Waals surface area contributed by atoms with Gasteiger partial charge in [-0.2, -0.15) is 0 Å². The molecule has 0 aromatic rings. The van der Waals surface area contributed by atoms with Crippen LogP contribution < -0.4 is 0 Å². The molecule has 1 fully saturated rings. The molecule has 1 heterocycles. The van der Waals surface area contributed by atoms with Gasteiger partial charge in [-0.1, -0.05) is 6.92 Å². The van der Waals surface area contributed by atoms with Crippen LogP contribution in [-0.4, -0.2) is 59.5 Å². The van der Waals surface area contributed by atoms with Crippen LogP contribution in [0.2, 0.25) is 0 Å². The van der Waals surface area contributed by atoms with Gasteiger partial charge in [0.2, 0.25) is 0 Å². The van der Waals surface area contributed by atoms with Crippen LogP contribution in [0.1, 0.15) is 26.2 Å². The Balaban J connectivity index is 2.42. The molecule has 1 aliphatic heterocycles. The Kier molecular flexibility index (Phi) is 5.25. The lowest BCUT2D eigenvalue weighted by Crippen LogP contribution is -2.54. The van der Waals surface area contributed by atoms with Gasteiger partial charge >= 0.3 is 11.8 Å². The maximum atomic E-state index is 11.7. The summed E-state index contributed by atoms with van der Waals surface area (Å²) >= 11 is 0. The average Bonchev–Trinajstić information content (AvgIpc) is 2.28. The Morgan fingerprint density at radius 3 is 2.12 bits per heavy atom. The molecule has 92 valence electrons. The van der Waals surface area contributed by atoms with Crippen LogP contribution in [-0.2, 0) is 9.59 Å². The molecule has 5 heteroatoms. The Labute approximate surface area is 96.0 Å². The summed E-state index contributed by atoms with van der Waals surface area (Å²) in [4.78, 5) is 26.5. The summed E-state index contributed by atoms with van der Waals surface area (Å²) in [5.41, 5.74) is 0. The van der Waals surface area contributed by atoms with Crippen LogP contribution in [0, 0.1) is 0 Å². The van der Waals surface area contributed by atoms with Crippen LogP contribution in [0.5, 0.6) is 0 Å². The number of hydrogen-bond donors (Lipinski definition) is 1. The number of carbonyl (C=O) groups excluding carboxylic acids is 2. The minimum Gasteiger partial charge on any atom is -0.396 e. The summed E-state index contributed by atoms with van der Waals surface area (Å²) in [5.74, 6) is -0.769. The second-order valence-electron chi connectivity index (χ2n) is 4.02. The number of carbonyl (C=O) groups is 2. The van der Waals surface area contributed by atoms with Crippen molar-refractivity contribution in [3.05, 3.63) is 0 Å². The predicted octanol–water partition coefficient (Wildman–Crippen LogP) is -0.160. The molecule has 0 aromatic carbocycles. The molecule has 16 heavy (non-hydrogen) atoms. The minimum absolute atomic E-state index is 0.137. The maximum absolute atomic E-state index is 11.7. The van der Waals surface area contributed by atoms with E-state index in [4.69, 9.17) is 5.11 Å². The van der Waals surface area contributed by atoms with E-state index in [1.807, 2.05) is 6.92 Å². The van der Waals surface area contributed by atoms with Crippen molar-refractivity contribution in [2.45, 2.75) is 26.2 Å². The third-order valence-electron chi connectivity index (χ3n) is 2.73. The van der Waals surface area contributed by atoms with Gasteiger partial charge in [0, 0.05) is 32.8 Å². The van der Waals surface area contributed by atoms with Crippen molar-refractivity contribution in [2.24, 2.45) is 0 Å². The van der Waals surface area contributed by atoms with E-state index in [-0.39, 0.29) is 12.5 Å². The lowest BCUT2D eigenvalue weighted by atomic mass is 10.2. The first-order valence-corrected chi connectivity index (χ1v) is 5.89. The van der Waals surface area contributed by atoms with Crippen molar-refractivity contribution in [1.29, 1.82) is 0 Å². The summed E-state index contributed by atoms with van der Waals surface area (Å²) in [6.07, 6.45) is 2.31. The van der Waals surface area contributed by atoms with Gasteiger partial charge in [0.25, 0.3) is 0 Å². The van der Waals surface area contributed by atoms with E-state index in [2.05, 4.69) is 0 Å². The summed E-state index contributed by atoms with van der Waals surface area (Å²) in [6.45, 7) is 4.62. The second kappa shape index (κ2) is 6.48. The fourth-order valence-electron chi connectivity index (χ4n) is 1.83. The van der Waals surface area contributed by atoms with E-state index in [1.165, 1.54) is 0 Å². The highest BCUT2D eigenvalue weighted by molar-refractivity contribution is 6.35. The minimum atomic E-state index is -0.391. The molecule has 0 aliphatic carbocycles. The molecule has 0 atom stereocenters. The third-order valence-corrected chi connectivity index (χ3v) is 2.73. The first-order chi connectivity index (χ1) is 7.70. The van der Waals surface area contributed by atoms with E-state index in [1.54, 1.807) is 9.80 Å². The van der Waals surface area contributed by atoms with Crippen LogP contribution in [0.15, 0.2) is 0 Å². The Morgan fingerprint density at radius 1 is 1.06 bits per heavy atom. The Morgan fingerprint density at radius 2 is 1.62 bits per heavy atom. The first kappa shape index (κ1) is 13.0. The third kappa shape index (κ3) is 3.20. The monoisotopic (exact) mass is 228 g/mol. The molecule has 0 radical (unpaired) electrons. The molecular weight excluding hydrogens is 208 g/mol. The molecule has 1 N–H and O–H groups in total. The molecule has 2 amide bonds. The fraction of sp³-hybridized carbons (Fsp3) is 0.818. The molecule has 5 nitrogen and oxygen atoms in total. The average molecular weight is 228 g/mol. The van der Waals surface area contributed by atoms with Crippen LogP contribution in [0.3, 0.4) is 0 Å². The molecule has 1 saturated heterocycles. The van der Waals surface area contributed by atoms with Crippen molar-refractivity contribution < 1.29 is 14.7 Å². The van der Waals surface area contributed by atoms with Crippen LogP contribution >= 0.6 is 0 Å². The van der Waals surface area contributed by atoms with Crippen molar-refractivity contribution in [2.75, 3.05) is 32.8 Å². The predicted molar refractivity (Wildman–Crippen MR) is 59.8 cm³/mol. The van der Waals surface area contributed by atoms with E-state index in [0.29, 0.717) is 32.6 Å². The van der Waals surface area contributed by atoms with Crippen LogP contribution in [0.4, 0.5) is 0 Å². The topological polar surface area (TPSA) is 60.9 Å². The molecule has 0 saturated carbocycles. The van der Waals surface area contributed by atoms with Gasteiger partial charge in [0.1, 0.15) is 0 Å². The van der Waals surface area contributed by atoms with Crippen molar-refractivity contribution >= 4 is 11.8 Å². The summed E-state index contributed by atoms with van der Waals surface area (Å²) < 4.78 is 0. The largest absolute Gasteiger partial charge is 0.396 e. The number of unbranched alkanes of at least 4 members (excludes halogenated alkanes) is 1. The fourth-order valence-corrected chi connectivity index (χ4v) is 1.83. The van der Waals surface area contributed by atoms with E-state index in [0.717, 1.165) is 12.8 Å². The van der Waals surface area contributed by atoms with Crippen molar-refractivity contribution in [3.63, 3.8) is 0 Å². The quantitative estimate of drug-likeness (QED) is 0.507. The van der Waals surface area contributed by atoms with E-state index in [9.17, 15) is 9.59 Å². The molecule has 0 unspecified atom stereocenters. The van der Waals surface area contributed by atoms with Gasteiger partial charge in [0.05, 0.1) is 0 Å². The molecule has 0 spiro atoms. The highest BCUT2D eigenvalue weighted by Gasteiger charge is 2.31. The Hall–Kier alpha value is -1.10. The normalized spacial score (nSPS) is 17.1. The SMILES string of the molecule is CCCN1CCN(CCCCO)C(=O)C1=O. The molecule has 0 aromatic heterocycles. The standard InChI is InChI=1S/C11H20N2O3/c1-2-5-12-7-8-13(6-3-4-9-14)11(16)10(12)15/h14H,2-9H2,1H3. The zero-order valence-electron chi connectivity index (χ0n) is 9.81. The van der Waals surface area contributed by atoms with Crippen molar-refractivity contribution in [3.8, 4) is 0 Å². The van der Waals surface area contributed by atoms with Gasteiger partial charge in [-0.25, -0.2) is 0 Å². The molecule has 0 bridgehead atoms. The Bertz CT molecular complexity index is 256. The summed E-state index contributed by atoms with van der Waals surface area (Å²) in [5, 5.41) is 8.65. The first-order valence-electron chi connectivity index (χ1n) is 5.89. The smallest absolute Gasteiger partial charge is 0.312 e. The molecular formula is C11H20N2O3. The summed E-state index contributed by atoms with van der Waals surface area (Å²) in [6, 6.07) is 0.